The highest BCUT2D eigenvalue weighted by molar-refractivity contribution is 6.06. The van der Waals surface area contributed by atoms with Crippen LogP contribution in [0.3, 0.4) is 0 Å². The van der Waals surface area contributed by atoms with Crippen LogP contribution in [0.1, 0.15) is 47.3 Å². The lowest BCUT2D eigenvalue weighted by atomic mass is 10.0. The second kappa shape index (κ2) is 6.05. The predicted molar refractivity (Wildman–Crippen MR) is 87.1 cm³/mol. The Morgan fingerprint density at radius 1 is 1.36 bits per heavy atom. The number of likely N-dealkylation sites (N-methyl/N-ethyl adjacent to an activating group) is 1. The minimum atomic E-state index is -0.0172. The molecular formula is C18H22N2O2. The minimum absolute atomic E-state index is 0.0168. The van der Waals surface area contributed by atoms with E-state index in [-0.39, 0.29) is 12.5 Å². The molecule has 0 atom stereocenters. The summed E-state index contributed by atoms with van der Waals surface area (Å²) in [4.78, 5) is 19.3. The van der Waals surface area contributed by atoms with Gasteiger partial charge in [0.1, 0.15) is 0 Å². The molecular weight excluding hydrogens is 276 g/mol. The summed E-state index contributed by atoms with van der Waals surface area (Å²) in [6, 6.07) is 8.02. The molecule has 1 aliphatic rings. The van der Waals surface area contributed by atoms with E-state index in [0.29, 0.717) is 24.6 Å². The van der Waals surface area contributed by atoms with Gasteiger partial charge in [0, 0.05) is 30.1 Å². The largest absolute Gasteiger partial charge is 0.395 e. The summed E-state index contributed by atoms with van der Waals surface area (Å²) < 4.78 is 0. The lowest BCUT2D eigenvalue weighted by molar-refractivity contribution is 0.0734. The lowest BCUT2D eigenvalue weighted by Crippen LogP contribution is -2.33. The van der Waals surface area contributed by atoms with Gasteiger partial charge in [0.05, 0.1) is 17.7 Å². The highest BCUT2D eigenvalue weighted by Gasteiger charge is 2.27. The van der Waals surface area contributed by atoms with Gasteiger partial charge < -0.3 is 10.0 Å². The number of benzene rings is 1. The summed E-state index contributed by atoms with van der Waals surface area (Å²) in [5.74, 6) is 0.488. The Kier molecular flexibility index (Phi) is 4.12. The smallest absolute Gasteiger partial charge is 0.254 e. The van der Waals surface area contributed by atoms with Gasteiger partial charge in [-0.3, -0.25) is 9.78 Å². The van der Waals surface area contributed by atoms with Crippen molar-refractivity contribution < 1.29 is 9.90 Å². The van der Waals surface area contributed by atoms with Crippen LogP contribution >= 0.6 is 0 Å². The molecule has 0 bridgehead atoms. The molecule has 0 saturated heterocycles. The van der Waals surface area contributed by atoms with Crippen molar-refractivity contribution in [3.8, 4) is 0 Å². The highest BCUT2D eigenvalue weighted by atomic mass is 16.3. The van der Waals surface area contributed by atoms with Crippen LogP contribution in [0.15, 0.2) is 24.3 Å². The normalized spacial score (nSPS) is 14.3. The maximum Gasteiger partial charge on any atom is 0.254 e. The maximum absolute atomic E-state index is 12.9. The predicted octanol–water partition coefficient (Wildman–Crippen LogP) is 2.88. The number of aromatic nitrogens is 1. The Morgan fingerprint density at radius 2 is 2.14 bits per heavy atom. The second-order valence-corrected chi connectivity index (χ2v) is 6.00. The molecule has 22 heavy (non-hydrogen) atoms. The van der Waals surface area contributed by atoms with E-state index in [1.54, 1.807) is 4.90 Å². The van der Waals surface area contributed by atoms with E-state index in [2.05, 4.69) is 0 Å². The summed E-state index contributed by atoms with van der Waals surface area (Å²) in [5, 5.41) is 10.1. The number of hydrogen-bond acceptors (Lipinski definition) is 3. The lowest BCUT2D eigenvalue weighted by Gasteiger charge is -2.21. The molecule has 3 rings (SSSR count). The Hall–Kier alpha value is -1.94. The van der Waals surface area contributed by atoms with Gasteiger partial charge in [-0.25, -0.2) is 0 Å². The summed E-state index contributed by atoms with van der Waals surface area (Å²) in [6.07, 6.45) is 2.32. The monoisotopic (exact) mass is 298 g/mol. The third kappa shape index (κ3) is 2.83. The van der Waals surface area contributed by atoms with E-state index in [0.717, 1.165) is 35.0 Å². The van der Waals surface area contributed by atoms with E-state index in [4.69, 9.17) is 10.1 Å². The summed E-state index contributed by atoms with van der Waals surface area (Å²) in [5.41, 5.74) is 3.75. The number of rotatable bonds is 5. The molecule has 0 aliphatic heterocycles. The molecule has 4 nitrogen and oxygen atoms in total. The van der Waals surface area contributed by atoms with Crippen LogP contribution in [0.4, 0.5) is 0 Å². The van der Waals surface area contributed by atoms with Gasteiger partial charge in [-0.2, -0.15) is 0 Å². The fourth-order valence-electron chi connectivity index (χ4n) is 2.82. The van der Waals surface area contributed by atoms with Gasteiger partial charge >= 0.3 is 0 Å². The van der Waals surface area contributed by atoms with E-state index in [1.165, 1.54) is 0 Å². The van der Waals surface area contributed by atoms with Crippen molar-refractivity contribution in [2.24, 2.45) is 0 Å². The fraction of sp³-hybridized carbons (Fsp3) is 0.444. The van der Waals surface area contributed by atoms with E-state index < -0.39 is 0 Å². The molecule has 1 aromatic heterocycles. The molecule has 0 spiro atoms. The third-order valence-corrected chi connectivity index (χ3v) is 4.25. The number of carbonyl (C=O) groups excluding carboxylic acids is 1. The number of amides is 1. The fourth-order valence-corrected chi connectivity index (χ4v) is 2.82. The van der Waals surface area contributed by atoms with Crippen LogP contribution in [0, 0.1) is 6.92 Å². The van der Waals surface area contributed by atoms with Crippen LogP contribution in [0.2, 0.25) is 0 Å². The van der Waals surface area contributed by atoms with Gasteiger partial charge in [-0.1, -0.05) is 11.6 Å². The first kappa shape index (κ1) is 15.0. The van der Waals surface area contributed by atoms with Gasteiger partial charge in [0.25, 0.3) is 5.91 Å². The number of fused-ring (bicyclic) bond motifs is 1. The minimum Gasteiger partial charge on any atom is -0.395 e. The number of pyridine rings is 1. The van der Waals surface area contributed by atoms with Crippen molar-refractivity contribution in [3.05, 3.63) is 41.1 Å². The van der Waals surface area contributed by atoms with Crippen LogP contribution in [0.25, 0.3) is 10.9 Å². The number of carbonyl (C=O) groups is 1. The van der Waals surface area contributed by atoms with E-state index in [1.807, 2.05) is 38.1 Å². The molecule has 1 aromatic carbocycles. The Labute approximate surface area is 130 Å². The molecule has 1 saturated carbocycles. The van der Waals surface area contributed by atoms with Crippen LogP contribution < -0.4 is 0 Å². The van der Waals surface area contributed by atoms with Crippen LogP contribution in [-0.4, -0.2) is 40.6 Å². The maximum atomic E-state index is 12.9. The molecule has 0 unspecified atom stereocenters. The zero-order valence-electron chi connectivity index (χ0n) is 13.2. The first-order valence-electron chi connectivity index (χ1n) is 7.95. The van der Waals surface area contributed by atoms with Gasteiger partial charge in [0.2, 0.25) is 0 Å². The summed E-state index contributed by atoms with van der Waals surface area (Å²) in [7, 11) is 0. The highest BCUT2D eigenvalue weighted by Crippen LogP contribution is 2.40. The third-order valence-electron chi connectivity index (χ3n) is 4.25. The average Bonchev–Trinajstić information content (AvgIpc) is 3.35. The quantitative estimate of drug-likeness (QED) is 0.923. The first-order valence-corrected chi connectivity index (χ1v) is 7.95. The summed E-state index contributed by atoms with van der Waals surface area (Å²) in [6.45, 7) is 4.90. The Morgan fingerprint density at radius 3 is 2.77 bits per heavy atom. The topological polar surface area (TPSA) is 53.4 Å². The molecule has 1 heterocycles. The molecule has 1 fully saturated rings. The molecule has 116 valence electrons. The Balaban J connectivity index is 2.12. The van der Waals surface area contributed by atoms with Crippen LogP contribution in [0.5, 0.6) is 0 Å². The van der Waals surface area contributed by atoms with E-state index in [9.17, 15) is 4.79 Å². The molecule has 1 aliphatic carbocycles. The average molecular weight is 298 g/mol. The Bertz CT molecular complexity index is 708. The molecule has 4 heteroatoms. The number of aliphatic hydroxyl groups excluding tert-OH is 1. The van der Waals surface area contributed by atoms with E-state index >= 15 is 0 Å². The van der Waals surface area contributed by atoms with Crippen molar-refractivity contribution in [2.45, 2.75) is 32.6 Å². The van der Waals surface area contributed by atoms with Crippen molar-refractivity contribution in [1.82, 2.24) is 9.88 Å². The zero-order valence-corrected chi connectivity index (χ0v) is 13.2. The SMILES string of the molecule is CCN(CCO)C(=O)c1cc(C2CC2)nc2ccc(C)cc12. The number of nitrogens with zero attached hydrogens (tertiary/aromatic N) is 2. The van der Waals surface area contributed by atoms with Gasteiger partial charge in [-0.15, -0.1) is 0 Å². The number of aliphatic hydroxyl groups is 1. The van der Waals surface area contributed by atoms with Crippen molar-refractivity contribution in [1.29, 1.82) is 0 Å². The first-order chi connectivity index (χ1) is 10.6. The number of aryl methyl sites for hydroxylation is 1. The van der Waals surface area contributed by atoms with Crippen molar-refractivity contribution >= 4 is 16.8 Å². The molecule has 0 radical (unpaired) electrons. The zero-order chi connectivity index (χ0) is 15.7. The number of hydrogen-bond donors (Lipinski definition) is 1. The summed E-state index contributed by atoms with van der Waals surface area (Å²) >= 11 is 0. The molecule has 1 amide bonds. The van der Waals surface area contributed by atoms with Crippen molar-refractivity contribution in [3.63, 3.8) is 0 Å². The van der Waals surface area contributed by atoms with Crippen molar-refractivity contribution in [2.75, 3.05) is 19.7 Å². The standard InChI is InChI=1S/C18H22N2O2/c1-3-20(8-9-21)18(22)15-11-17(13-5-6-13)19-16-7-4-12(2)10-14(15)16/h4,7,10-11,13,21H,3,5-6,8-9H2,1-2H3. The van der Waals surface area contributed by atoms with Crippen LogP contribution in [-0.2, 0) is 0 Å². The van der Waals surface area contributed by atoms with Gasteiger partial charge in [0.15, 0.2) is 0 Å². The second-order valence-electron chi connectivity index (χ2n) is 6.00. The molecule has 2 aromatic rings. The molecule has 1 N–H and O–H groups in total. The van der Waals surface area contributed by atoms with Gasteiger partial charge in [-0.05, 0) is 44.9 Å².